The molecule has 0 aliphatic heterocycles. The van der Waals surface area contributed by atoms with Gasteiger partial charge in [0, 0.05) is 17.3 Å². The molecule has 0 fully saturated rings. The van der Waals surface area contributed by atoms with E-state index in [1.807, 2.05) is 30.3 Å². The normalized spacial score (nSPS) is 11.3. The number of aromatic amines is 1. The van der Waals surface area contributed by atoms with Crippen LogP contribution >= 0.6 is 31.9 Å². The van der Waals surface area contributed by atoms with Gasteiger partial charge in [0.2, 0.25) is 5.75 Å². The maximum Gasteiger partial charge on any atom is 0.203 e. The highest BCUT2D eigenvalue weighted by Gasteiger charge is 2.16. The number of H-pyrrole nitrogens is 1. The lowest BCUT2D eigenvalue weighted by atomic mass is 10.1. The highest BCUT2D eigenvalue weighted by atomic mass is 79.9. The van der Waals surface area contributed by atoms with Crippen molar-refractivity contribution in [2.75, 3.05) is 21.3 Å². The molecule has 3 aromatic carbocycles. The molecule has 0 radical (unpaired) electrons. The molecule has 0 aliphatic rings. The van der Waals surface area contributed by atoms with Gasteiger partial charge in [-0.2, -0.15) is 0 Å². The van der Waals surface area contributed by atoms with Crippen LogP contribution in [0.4, 0.5) is 5.69 Å². The van der Waals surface area contributed by atoms with Crippen LogP contribution in [0.3, 0.4) is 0 Å². The molecule has 0 saturated heterocycles. The molecule has 1 aromatic heterocycles. The van der Waals surface area contributed by atoms with Crippen LogP contribution in [0.5, 0.6) is 28.7 Å². The number of ether oxygens (including phenoxy) is 3. The average molecular weight is 577 g/mol. The molecule has 8 nitrogen and oxygen atoms in total. The first kappa shape index (κ1) is 22.9. The molecule has 4 rings (SSSR count). The van der Waals surface area contributed by atoms with Crippen molar-refractivity contribution < 1.29 is 24.4 Å². The number of aromatic nitrogens is 2. The molecule has 0 atom stereocenters. The summed E-state index contributed by atoms with van der Waals surface area (Å²) in [7, 11) is 4.68. The van der Waals surface area contributed by atoms with E-state index in [1.54, 1.807) is 27.4 Å². The lowest BCUT2D eigenvalue weighted by Gasteiger charge is -2.13. The molecule has 170 valence electrons. The van der Waals surface area contributed by atoms with Crippen LogP contribution in [0, 0.1) is 0 Å². The number of phenolic OH excluding ortho intramolecular Hbond substituents is 2. The van der Waals surface area contributed by atoms with Crippen molar-refractivity contribution in [3.05, 3.63) is 50.9 Å². The number of aliphatic imine (C=N–C) groups is 1. The van der Waals surface area contributed by atoms with E-state index in [-0.39, 0.29) is 16.0 Å². The second kappa shape index (κ2) is 9.32. The molecule has 0 bridgehead atoms. The summed E-state index contributed by atoms with van der Waals surface area (Å²) in [5, 5.41) is 20.1. The predicted molar refractivity (Wildman–Crippen MR) is 134 cm³/mol. The Bertz CT molecular complexity index is 1360. The molecule has 4 aromatic rings. The number of aromatic hydroxyl groups is 2. The first-order valence-corrected chi connectivity index (χ1v) is 11.2. The second-order valence-electron chi connectivity index (χ2n) is 6.92. The van der Waals surface area contributed by atoms with Crippen LogP contribution in [-0.2, 0) is 0 Å². The maximum absolute atomic E-state index is 10.2. The van der Waals surface area contributed by atoms with Gasteiger partial charge in [0.25, 0.3) is 0 Å². The first-order valence-electron chi connectivity index (χ1n) is 9.60. The summed E-state index contributed by atoms with van der Waals surface area (Å²) >= 11 is 6.42. The van der Waals surface area contributed by atoms with E-state index < -0.39 is 0 Å². The zero-order valence-corrected chi connectivity index (χ0v) is 21.0. The van der Waals surface area contributed by atoms with Gasteiger partial charge in [-0.05, 0) is 68.3 Å². The maximum atomic E-state index is 10.2. The van der Waals surface area contributed by atoms with Crippen LogP contribution in [-0.4, -0.2) is 47.7 Å². The molecular formula is C23H19Br2N3O5. The topological polar surface area (TPSA) is 109 Å². The van der Waals surface area contributed by atoms with Gasteiger partial charge in [0.15, 0.2) is 11.5 Å². The summed E-state index contributed by atoms with van der Waals surface area (Å²) in [5.41, 5.74) is 3.41. The molecule has 0 spiro atoms. The molecular weight excluding hydrogens is 558 g/mol. The Hall–Kier alpha value is -3.24. The third-order valence-electron chi connectivity index (χ3n) is 4.95. The summed E-state index contributed by atoms with van der Waals surface area (Å²) in [6, 6.07) is 10.7. The van der Waals surface area contributed by atoms with E-state index in [1.165, 1.54) is 6.21 Å². The SMILES string of the molecule is COc1cc(-c2nc3ccc(N=Cc4cc(Br)c(O)c(Br)c4O)cc3[nH]2)cc(OC)c1OC. The molecule has 0 aliphatic carbocycles. The third-order valence-corrected chi connectivity index (χ3v) is 6.31. The Balaban J connectivity index is 1.70. The van der Waals surface area contributed by atoms with E-state index in [4.69, 9.17) is 14.2 Å². The van der Waals surface area contributed by atoms with Crippen LogP contribution < -0.4 is 14.2 Å². The molecule has 3 N–H and O–H groups in total. The molecule has 1 heterocycles. The minimum atomic E-state index is -0.105. The molecule has 0 amide bonds. The number of nitrogens with zero attached hydrogens (tertiary/aromatic N) is 2. The highest BCUT2D eigenvalue weighted by Crippen LogP contribution is 2.42. The zero-order valence-electron chi connectivity index (χ0n) is 17.8. The van der Waals surface area contributed by atoms with Gasteiger partial charge in [0.05, 0.1) is 42.5 Å². The molecule has 10 heteroatoms. The van der Waals surface area contributed by atoms with Gasteiger partial charge >= 0.3 is 0 Å². The summed E-state index contributed by atoms with van der Waals surface area (Å²) in [6.07, 6.45) is 1.52. The summed E-state index contributed by atoms with van der Waals surface area (Å²) < 4.78 is 16.9. The quantitative estimate of drug-likeness (QED) is 0.245. The largest absolute Gasteiger partial charge is 0.506 e. The van der Waals surface area contributed by atoms with E-state index in [9.17, 15) is 10.2 Å². The first-order chi connectivity index (χ1) is 15.9. The Morgan fingerprint density at radius 3 is 2.27 bits per heavy atom. The van der Waals surface area contributed by atoms with Crippen LogP contribution in [0.25, 0.3) is 22.4 Å². The molecule has 0 unspecified atom stereocenters. The smallest absolute Gasteiger partial charge is 0.203 e. The van der Waals surface area contributed by atoms with Crippen molar-refractivity contribution in [1.29, 1.82) is 0 Å². The average Bonchev–Trinajstić information content (AvgIpc) is 3.26. The Morgan fingerprint density at radius 2 is 1.64 bits per heavy atom. The molecule has 33 heavy (non-hydrogen) atoms. The number of methoxy groups -OCH3 is 3. The summed E-state index contributed by atoms with van der Waals surface area (Å²) in [6.45, 7) is 0. The highest BCUT2D eigenvalue weighted by molar-refractivity contribution is 9.11. The number of imidazole rings is 1. The number of nitrogens with one attached hydrogen (secondary N) is 1. The van der Waals surface area contributed by atoms with E-state index in [2.05, 4.69) is 46.8 Å². The molecule has 0 saturated carbocycles. The van der Waals surface area contributed by atoms with E-state index in [0.29, 0.717) is 38.8 Å². The van der Waals surface area contributed by atoms with Gasteiger partial charge in [0.1, 0.15) is 21.8 Å². The minimum absolute atomic E-state index is 0.0807. The standard InChI is InChI=1S/C23H19Br2N3O5/c1-31-17-7-11(8-18(32-2)22(17)33-3)23-27-15-5-4-13(9-16(15)28-23)26-10-12-6-14(24)21(30)19(25)20(12)29/h4-10,29-30H,1-3H3,(H,27,28). The van der Waals surface area contributed by atoms with Crippen molar-refractivity contribution in [3.8, 4) is 40.1 Å². The Labute approximate surface area is 206 Å². The van der Waals surface area contributed by atoms with Crippen molar-refractivity contribution in [2.45, 2.75) is 0 Å². The summed E-state index contributed by atoms with van der Waals surface area (Å²) in [4.78, 5) is 12.4. The number of hydrogen-bond donors (Lipinski definition) is 3. The van der Waals surface area contributed by atoms with Gasteiger partial charge in [-0.1, -0.05) is 0 Å². The van der Waals surface area contributed by atoms with Crippen molar-refractivity contribution >= 4 is 54.8 Å². The van der Waals surface area contributed by atoms with Gasteiger partial charge < -0.3 is 29.4 Å². The fraction of sp³-hybridized carbons (Fsp3) is 0.130. The van der Waals surface area contributed by atoms with E-state index in [0.717, 1.165) is 16.6 Å². The van der Waals surface area contributed by atoms with Crippen LogP contribution in [0.2, 0.25) is 0 Å². The monoisotopic (exact) mass is 575 g/mol. The zero-order chi connectivity index (χ0) is 23.7. The number of rotatable bonds is 6. The summed E-state index contributed by atoms with van der Waals surface area (Å²) in [5.74, 6) is 2.02. The van der Waals surface area contributed by atoms with Crippen LogP contribution in [0.1, 0.15) is 5.56 Å². The number of benzene rings is 3. The van der Waals surface area contributed by atoms with Crippen molar-refractivity contribution in [2.24, 2.45) is 4.99 Å². The Kier molecular flexibility index (Phi) is 6.48. The van der Waals surface area contributed by atoms with Gasteiger partial charge in [-0.3, -0.25) is 4.99 Å². The van der Waals surface area contributed by atoms with Crippen LogP contribution in [0.15, 0.2) is 50.3 Å². The fourth-order valence-electron chi connectivity index (χ4n) is 3.29. The lowest BCUT2D eigenvalue weighted by molar-refractivity contribution is 0.324. The van der Waals surface area contributed by atoms with Crippen molar-refractivity contribution in [1.82, 2.24) is 9.97 Å². The lowest BCUT2D eigenvalue weighted by Crippen LogP contribution is -1.96. The Morgan fingerprint density at radius 1 is 0.939 bits per heavy atom. The van der Waals surface area contributed by atoms with Gasteiger partial charge in [-0.15, -0.1) is 0 Å². The third kappa shape index (κ3) is 4.36. The van der Waals surface area contributed by atoms with Gasteiger partial charge in [-0.25, -0.2) is 4.98 Å². The second-order valence-corrected chi connectivity index (χ2v) is 8.57. The number of halogens is 2. The fourth-order valence-corrected chi connectivity index (χ4v) is 4.45. The number of phenols is 2. The van der Waals surface area contributed by atoms with Crippen molar-refractivity contribution in [3.63, 3.8) is 0 Å². The minimum Gasteiger partial charge on any atom is -0.506 e. The number of hydrogen-bond acceptors (Lipinski definition) is 7. The van der Waals surface area contributed by atoms with E-state index >= 15 is 0 Å². The number of fused-ring (bicyclic) bond motifs is 1. The predicted octanol–water partition coefficient (Wildman–Crippen LogP) is 5.94.